The largest absolute Gasteiger partial charge is 0.483 e. The lowest BCUT2D eigenvalue weighted by molar-refractivity contribution is -0.123. The first-order valence-electron chi connectivity index (χ1n) is 7.36. The molecule has 2 aromatic carbocycles. The van der Waals surface area contributed by atoms with E-state index in [1.165, 1.54) is 24.3 Å². The van der Waals surface area contributed by atoms with Crippen molar-refractivity contribution in [2.24, 2.45) is 0 Å². The molecule has 0 aliphatic carbocycles. The van der Waals surface area contributed by atoms with Crippen LogP contribution in [-0.4, -0.2) is 24.2 Å². The number of hydrogen-bond donors (Lipinski definition) is 2. The highest BCUT2D eigenvalue weighted by Gasteiger charge is 2.11. The molecule has 1 unspecified atom stereocenters. The van der Waals surface area contributed by atoms with Crippen LogP contribution in [0.1, 0.15) is 22.8 Å². The molecule has 2 rings (SSSR count). The number of rotatable bonds is 6. The Balaban J connectivity index is 1.82. The van der Waals surface area contributed by atoms with Gasteiger partial charge in [0.1, 0.15) is 11.6 Å². The molecule has 0 heterocycles. The molecule has 2 N–H and O–H groups in total. The highest BCUT2D eigenvalue weighted by molar-refractivity contribution is 5.77. The van der Waals surface area contributed by atoms with E-state index >= 15 is 0 Å². The quantitative estimate of drug-likeness (QED) is 0.861. The van der Waals surface area contributed by atoms with E-state index in [9.17, 15) is 14.3 Å². The number of aryl methyl sites for hydroxylation is 2. The Kier molecular flexibility index (Phi) is 5.71. The van der Waals surface area contributed by atoms with Gasteiger partial charge in [0.25, 0.3) is 5.91 Å². The number of aliphatic hydroxyl groups is 1. The van der Waals surface area contributed by atoms with Gasteiger partial charge in [-0.15, -0.1) is 0 Å². The van der Waals surface area contributed by atoms with Crippen molar-refractivity contribution in [3.05, 3.63) is 65.0 Å². The zero-order valence-corrected chi connectivity index (χ0v) is 13.2. The Morgan fingerprint density at radius 2 is 1.78 bits per heavy atom. The van der Waals surface area contributed by atoms with Crippen LogP contribution in [0.25, 0.3) is 0 Å². The molecule has 2 aromatic rings. The summed E-state index contributed by atoms with van der Waals surface area (Å²) in [6, 6.07) is 11.3. The molecule has 0 bridgehead atoms. The van der Waals surface area contributed by atoms with Crippen LogP contribution in [0.2, 0.25) is 0 Å². The second-order valence-corrected chi connectivity index (χ2v) is 5.38. The van der Waals surface area contributed by atoms with Crippen molar-refractivity contribution < 1.29 is 19.0 Å². The molecule has 4 nitrogen and oxygen atoms in total. The molecule has 23 heavy (non-hydrogen) atoms. The van der Waals surface area contributed by atoms with Gasteiger partial charge >= 0.3 is 0 Å². The Labute approximate surface area is 134 Å². The standard InChI is InChI=1S/C18H20FNO3/c1-12-4-3-5-13(2)18(12)23-11-17(22)20-10-16(21)14-6-8-15(19)9-7-14/h3-9,16,21H,10-11H2,1-2H3,(H,20,22). The van der Waals surface area contributed by atoms with Gasteiger partial charge in [0.15, 0.2) is 6.61 Å². The van der Waals surface area contributed by atoms with Crippen LogP contribution in [0.15, 0.2) is 42.5 Å². The molecule has 0 saturated heterocycles. The maximum atomic E-state index is 12.8. The summed E-state index contributed by atoms with van der Waals surface area (Å²) in [5.41, 5.74) is 2.47. The van der Waals surface area contributed by atoms with Gasteiger partial charge in [0.05, 0.1) is 6.10 Å². The van der Waals surface area contributed by atoms with Gasteiger partial charge < -0.3 is 15.2 Å². The minimum absolute atomic E-state index is 0.0422. The molecular weight excluding hydrogens is 297 g/mol. The number of halogens is 1. The fraction of sp³-hybridized carbons (Fsp3) is 0.278. The third kappa shape index (κ3) is 4.79. The van der Waals surface area contributed by atoms with Gasteiger partial charge in [-0.05, 0) is 42.7 Å². The fourth-order valence-corrected chi connectivity index (χ4v) is 2.23. The minimum Gasteiger partial charge on any atom is -0.483 e. The average Bonchev–Trinajstić information content (AvgIpc) is 2.53. The minimum atomic E-state index is -0.889. The van der Waals surface area contributed by atoms with Gasteiger partial charge in [-0.25, -0.2) is 4.39 Å². The van der Waals surface area contributed by atoms with E-state index in [4.69, 9.17) is 4.74 Å². The Bertz CT molecular complexity index is 650. The van der Waals surface area contributed by atoms with Crippen molar-refractivity contribution in [2.45, 2.75) is 20.0 Å². The Morgan fingerprint density at radius 3 is 2.39 bits per heavy atom. The zero-order valence-electron chi connectivity index (χ0n) is 13.2. The summed E-state index contributed by atoms with van der Waals surface area (Å²) < 4.78 is 18.4. The predicted octanol–water partition coefficient (Wildman–Crippen LogP) is 2.67. The Morgan fingerprint density at radius 1 is 1.17 bits per heavy atom. The van der Waals surface area contributed by atoms with Crippen molar-refractivity contribution in [2.75, 3.05) is 13.2 Å². The second-order valence-electron chi connectivity index (χ2n) is 5.38. The molecule has 0 aliphatic heterocycles. The van der Waals surface area contributed by atoms with Crippen LogP contribution >= 0.6 is 0 Å². The molecule has 1 amide bonds. The molecule has 0 fully saturated rings. The van der Waals surface area contributed by atoms with Gasteiger partial charge in [-0.2, -0.15) is 0 Å². The molecule has 5 heteroatoms. The normalized spacial score (nSPS) is 11.8. The first kappa shape index (κ1) is 17.0. The summed E-state index contributed by atoms with van der Waals surface area (Å²) in [5, 5.41) is 12.6. The predicted molar refractivity (Wildman–Crippen MR) is 85.8 cm³/mol. The number of amides is 1. The van der Waals surface area contributed by atoms with Crippen LogP contribution in [0.5, 0.6) is 5.75 Å². The monoisotopic (exact) mass is 317 g/mol. The maximum absolute atomic E-state index is 12.8. The van der Waals surface area contributed by atoms with E-state index in [1.54, 1.807) is 0 Å². The molecule has 0 radical (unpaired) electrons. The van der Waals surface area contributed by atoms with Gasteiger partial charge in [-0.1, -0.05) is 30.3 Å². The lowest BCUT2D eigenvalue weighted by Crippen LogP contribution is -2.32. The van der Waals surface area contributed by atoms with Gasteiger partial charge in [0, 0.05) is 6.54 Å². The molecule has 0 saturated carbocycles. The van der Waals surface area contributed by atoms with Crippen LogP contribution in [0.3, 0.4) is 0 Å². The number of carbonyl (C=O) groups excluding carboxylic acids is 1. The maximum Gasteiger partial charge on any atom is 0.258 e. The van der Waals surface area contributed by atoms with Crippen molar-refractivity contribution in [1.29, 1.82) is 0 Å². The lowest BCUT2D eigenvalue weighted by Gasteiger charge is -2.14. The topological polar surface area (TPSA) is 58.6 Å². The van der Waals surface area contributed by atoms with Crippen LogP contribution in [-0.2, 0) is 4.79 Å². The first-order valence-corrected chi connectivity index (χ1v) is 7.36. The van der Waals surface area contributed by atoms with Crippen molar-refractivity contribution in [3.8, 4) is 5.75 Å². The summed E-state index contributed by atoms with van der Waals surface area (Å²) in [6.45, 7) is 3.75. The molecule has 0 aromatic heterocycles. The fourth-order valence-electron chi connectivity index (χ4n) is 2.23. The average molecular weight is 317 g/mol. The summed E-state index contributed by atoms with van der Waals surface area (Å²) in [6.07, 6.45) is -0.889. The number of aliphatic hydroxyl groups excluding tert-OH is 1. The summed E-state index contributed by atoms with van der Waals surface area (Å²) in [5.74, 6) is 0.00235. The molecule has 0 spiro atoms. The highest BCUT2D eigenvalue weighted by Crippen LogP contribution is 2.22. The van der Waals surface area contributed by atoms with Crippen LogP contribution < -0.4 is 10.1 Å². The second kappa shape index (κ2) is 7.74. The first-order chi connectivity index (χ1) is 11.0. The van der Waals surface area contributed by atoms with Crippen molar-refractivity contribution in [1.82, 2.24) is 5.32 Å². The zero-order chi connectivity index (χ0) is 16.8. The number of hydrogen-bond acceptors (Lipinski definition) is 3. The van der Waals surface area contributed by atoms with E-state index in [-0.39, 0.29) is 24.9 Å². The molecule has 122 valence electrons. The Hall–Kier alpha value is -2.40. The number of carbonyl (C=O) groups is 1. The smallest absolute Gasteiger partial charge is 0.258 e. The third-order valence-electron chi connectivity index (χ3n) is 3.50. The SMILES string of the molecule is Cc1cccc(C)c1OCC(=O)NCC(O)c1ccc(F)cc1. The summed E-state index contributed by atoms with van der Waals surface area (Å²) >= 11 is 0. The summed E-state index contributed by atoms with van der Waals surface area (Å²) in [7, 11) is 0. The lowest BCUT2D eigenvalue weighted by atomic mass is 10.1. The number of benzene rings is 2. The van der Waals surface area contributed by atoms with E-state index < -0.39 is 6.10 Å². The van der Waals surface area contributed by atoms with Crippen molar-refractivity contribution >= 4 is 5.91 Å². The van der Waals surface area contributed by atoms with Crippen LogP contribution in [0.4, 0.5) is 4.39 Å². The van der Waals surface area contributed by atoms with Gasteiger partial charge in [-0.3, -0.25) is 4.79 Å². The summed E-state index contributed by atoms with van der Waals surface area (Å²) in [4.78, 5) is 11.8. The van der Waals surface area contributed by atoms with Gasteiger partial charge in [0.2, 0.25) is 0 Å². The highest BCUT2D eigenvalue weighted by atomic mass is 19.1. The molecule has 0 aliphatic rings. The van der Waals surface area contributed by atoms with E-state index in [2.05, 4.69) is 5.32 Å². The van der Waals surface area contributed by atoms with E-state index in [1.807, 2.05) is 32.0 Å². The molecular formula is C18H20FNO3. The van der Waals surface area contributed by atoms with Crippen LogP contribution in [0, 0.1) is 19.7 Å². The number of nitrogens with one attached hydrogen (secondary N) is 1. The van der Waals surface area contributed by atoms with E-state index in [0.717, 1.165) is 11.1 Å². The number of para-hydroxylation sites is 1. The third-order valence-corrected chi connectivity index (χ3v) is 3.50. The van der Waals surface area contributed by atoms with Crippen molar-refractivity contribution in [3.63, 3.8) is 0 Å². The molecule has 1 atom stereocenters. The van der Waals surface area contributed by atoms with E-state index in [0.29, 0.717) is 11.3 Å². The number of ether oxygens (including phenoxy) is 1.